The molecular formula is C27H25NO5. The van der Waals surface area contributed by atoms with Crippen LogP contribution < -0.4 is 0 Å². The van der Waals surface area contributed by atoms with Crippen molar-refractivity contribution < 1.29 is 24.5 Å². The number of carbonyl (C=O) groups is 2. The molecule has 168 valence electrons. The zero-order chi connectivity index (χ0) is 23.2. The van der Waals surface area contributed by atoms with Crippen molar-refractivity contribution in [3.8, 4) is 11.5 Å². The highest BCUT2D eigenvalue weighted by molar-refractivity contribution is 5.95. The van der Waals surface area contributed by atoms with E-state index in [1.165, 1.54) is 0 Å². The van der Waals surface area contributed by atoms with Gasteiger partial charge in [-0.15, -0.1) is 0 Å². The third-order valence-corrected chi connectivity index (χ3v) is 5.79. The highest BCUT2D eigenvalue weighted by atomic mass is 16.5. The molecule has 4 aromatic rings. The summed E-state index contributed by atoms with van der Waals surface area (Å²) in [5.41, 5.74) is 1.51. The quantitative estimate of drug-likeness (QED) is 0.450. The Morgan fingerprint density at radius 2 is 1.36 bits per heavy atom. The van der Waals surface area contributed by atoms with Crippen LogP contribution in [0, 0.1) is 0 Å². The predicted molar refractivity (Wildman–Crippen MR) is 128 cm³/mol. The number of hydrogen-bond acceptors (Lipinski definition) is 6. The van der Waals surface area contributed by atoms with E-state index in [1.54, 1.807) is 18.2 Å². The number of ether oxygens (including phenoxy) is 1. The minimum Gasteiger partial charge on any atom is -0.507 e. The van der Waals surface area contributed by atoms with Gasteiger partial charge in [-0.1, -0.05) is 48.5 Å². The van der Waals surface area contributed by atoms with Crippen LogP contribution in [0.3, 0.4) is 0 Å². The van der Waals surface area contributed by atoms with Crippen molar-refractivity contribution in [2.75, 3.05) is 26.3 Å². The zero-order valence-corrected chi connectivity index (χ0v) is 18.1. The molecule has 5 rings (SSSR count). The monoisotopic (exact) mass is 443 g/mol. The van der Waals surface area contributed by atoms with E-state index in [-0.39, 0.29) is 11.5 Å². The Hall–Kier alpha value is -3.74. The first-order valence-electron chi connectivity index (χ1n) is 10.8. The third kappa shape index (κ3) is 5.03. The van der Waals surface area contributed by atoms with E-state index in [0.29, 0.717) is 43.5 Å². The topological polar surface area (TPSA) is 87.1 Å². The van der Waals surface area contributed by atoms with Crippen molar-refractivity contribution in [2.24, 2.45) is 0 Å². The van der Waals surface area contributed by atoms with Crippen molar-refractivity contribution in [3.05, 3.63) is 83.4 Å². The fourth-order valence-corrected chi connectivity index (χ4v) is 4.01. The normalized spacial score (nSPS) is 13.9. The maximum atomic E-state index is 11.1. The number of morpholine rings is 1. The lowest BCUT2D eigenvalue weighted by molar-refractivity contribution is 0.0340. The Kier molecular flexibility index (Phi) is 6.98. The third-order valence-electron chi connectivity index (χ3n) is 5.79. The molecule has 33 heavy (non-hydrogen) atoms. The van der Waals surface area contributed by atoms with Crippen LogP contribution in [0.1, 0.15) is 26.3 Å². The molecule has 1 saturated heterocycles. The van der Waals surface area contributed by atoms with Gasteiger partial charge < -0.3 is 14.9 Å². The highest BCUT2D eigenvalue weighted by Gasteiger charge is 2.17. The number of phenolic OH excluding ortho intramolecular Hbond substituents is 2. The molecule has 1 heterocycles. The molecule has 0 amide bonds. The van der Waals surface area contributed by atoms with Crippen LogP contribution in [0.4, 0.5) is 0 Å². The molecule has 0 aliphatic carbocycles. The van der Waals surface area contributed by atoms with Gasteiger partial charge >= 0.3 is 0 Å². The van der Waals surface area contributed by atoms with E-state index in [9.17, 15) is 19.8 Å². The van der Waals surface area contributed by atoms with Gasteiger partial charge in [0.05, 0.1) is 24.3 Å². The number of aldehydes is 2. The van der Waals surface area contributed by atoms with Crippen molar-refractivity contribution in [1.82, 2.24) is 4.90 Å². The van der Waals surface area contributed by atoms with Crippen LogP contribution in [-0.4, -0.2) is 54.0 Å². The van der Waals surface area contributed by atoms with Gasteiger partial charge in [0, 0.05) is 25.2 Å². The molecule has 0 saturated carbocycles. The van der Waals surface area contributed by atoms with Crippen LogP contribution in [0.15, 0.2) is 66.7 Å². The number of benzene rings is 4. The van der Waals surface area contributed by atoms with E-state index in [2.05, 4.69) is 4.90 Å². The van der Waals surface area contributed by atoms with Gasteiger partial charge in [0.25, 0.3) is 0 Å². The van der Waals surface area contributed by atoms with Crippen molar-refractivity contribution in [2.45, 2.75) is 6.54 Å². The molecule has 1 aliphatic heterocycles. The van der Waals surface area contributed by atoms with Crippen molar-refractivity contribution in [1.29, 1.82) is 0 Å². The summed E-state index contributed by atoms with van der Waals surface area (Å²) < 4.78 is 5.34. The number of phenols is 2. The Labute approximate surface area is 191 Å². The summed E-state index contributed by atoms with van der Waals surface area (Å²) in [5, 5.41) is 23.6. The number of carbonyl (C=O) groups excluding carboxylic acids is 2. The van der Waals surface area contributed by atoms with Crippen LogP contribution in [0.5, 0.6) is 11.5 Å². The van der Waals surface area contributed by atoms with Gasteiger partial charge in [-0.3, -0.25) is 14.5 Å². The minimum atomic E-state index is 0.0358. The number of aromatic hydroxyl groups is 2. The number of hydrogen-bond donors (Lipinski definition) is 2. The average Bonchev–Trinajstić information content (AvgIpc) is 2.86. The number of fused-ring (bicyclic) bond motifs is 2. The first kappa shape index (κ1) is 22.5. The van der Waals surface area contributed by atoms with Gasteiger partial charge in [-0.25, -0.2) is 0 Å². The predicted octanol–water partition coefficient (Wildman–Crippen LogP) is 4.55. The molecule has 0 spiro atoms. The molecule has 1 aliphatic rings. The van der Waals surface area contributed by atoms with Crippen molar-refractivity contribution in [3.63, 3.8) is 0 Å². The molecule has 1 fully saturated rings. The molecule has 0 aromatic heterocycles. The van der Waals surface area contributed by atoms with Gasteiger partial charge in [-0.05, 0) is 39.7 Å². The lowest BCUT2D eigenvalue weighted by Crippen LogP contribution is -2.35. The molecule has 4 aromatic carbocycles. The summed E-state index contributed by atoms with van der Waals surface area (Å²) in [4.78, 5) is 23.9. The smallest absolute Gasteiger partial charge is 0.153 e. The molecule has 6 nitrogen and oxygen atoms in total. The standard InChI is InChI=1S/C16H17NO3.C11H8O2/c18-11-13-9-12-3-1-2-4-14(12)15(16(13)19)10-17-5-7-20-8-6-17;12-7-10-5-8-3-1-2-4-9(8)6-11(10)13/h1-4,9,11,19H,5-8,10H2;1-7,13H. The lowest BCUT2D eigenvalue weighted by atomic mass is 9.99. The van der Waals surface area contributed by atoms with Gasteiger partial charge in [0.1, 0.15) is 11.5 Å². The Morgan fingerprint density at radius 3 is 2.03 bits per heavy atom. The van der Waals surface area contributed by atoms with Crippen LogP contribution in [-0.2, 0) is 11.3 Å². The average molecular weight is 443 g/mol. The second-order valence-corrected chi connectivity index (χ2v) is 7.90. The molecule has 6 heteroatoms. The second-order valence-electron chi connectivity index (χ2n) is 7.90. The number of nitrogens with zero attached hydrogens (tertiary/aromatic N) is 1. The van der Waals surface area contributed by atoms with Gasteiger partial charge in [-0.2, -0.15) is 0 Å². The molecule has 0 radical (unpaired) electrons. The molecule has 0 atom stereocenters. The minimum absolute atomic E-state index is 0.0358. The van der Waals surface area contributed by atoms with E-state index < -0.39 is 0 Å². The molecule has 2 N–H and O–H groups in total. The number of rotatable bonds is 4. The van der Waals surface area contributed by atoms with E-state index in [4.69, 9.17) is 4.74 Å². The summed E-state index contributed by atoms with van der Waals surface area (Å²) in [5.74, 6) is 0.138. The summed E-state index contributed by atoms with van der Waals surface area (Å²) in [6, 6.07) is 20.4. The molecule has 0 bridgehead atoms. The first-order valence-corrected chi connectivity index (χ1v) is 10.8. The maximum absolute atomic E-state index is 11.1. The fourth-order valence-electron chi connectivity index (χ4n) is 4.01. The second kappa shape index (κ2) is 10.3. The van der Waals surface area contributed by atoms with Gasteiger partial charge in [0.2, 0.25) is 0 Å². The van der Waals surface area contributed by atoms with Crippen LogP contribution in [0.25, 0.3) is 21.5 Å². The Balaban J connectivity index is 0.000000172. The Morgan fingerprint density at radius 1 is 0.788 bits per heavy atom. The van der Waals surface area contributed by atoms with Gasteiger partial charge in [0.15, 0.2) is 12.6 Å². The summed E-state index contributed by atoms with van der Waals surface area (Å²) in [7, 11) is 0. The SMILES string of the molecule is O=Cc1cc2ccccc2c(CN2CCOCC2)c1O.O=Cc1cc2ccccc2cc1O. The molecular weight excluding hydrogens is 418 g/mol. The highest BCUT2D eigenvalue weighted by Crippen LogP contribution is 2.31. The first-order chi connectivity index (χ1) is 16.1. The van der Waals surface area contributed by atoms with Crippen molar-refractivity contribution >= 4 is 34.1 Å². The van der Waals surface area contributed by atoms with E-state index >= 15 is 0 Å². The Bertz CT molecular complexity index is 1290. The van der Waals surface area contributed by atoms with Crippen LogP contribution in [0.2, 0.25) is 0 Å². The van der Waals surface area contributed by atoms with Crippen LogP contribution >= 0.6 is 0 Å². The van der Waals surface area contributed by atoms with E-state index in [0.717, 1.165) is 40.2 Å². The molecule has 0 unspecified atom stereocenters. The maximum Gasteiger partial charge on any atom is 0.153 e. The summed E-state index contributed by atoms with van der Waals surface area (Å²) >= 11 is 0. The summed E-state index contributed by atoms with van der Waals surface area (Å²) in [6.07, 6.45) is 1.37. The zero-order valence-electron chi connectivity index (χ0n) is 18.1. The summed E-state index contributed by atoms with van der Waals surface area (Å²) in [6.45, 7) is 3.76. The fraction of sp³-hybridized carbons (Fsp3) is 0.185. The lowest BCUT2D eigenvalue weighted by Gasteiger charge is -2.27. The largest absolute Gasteiger partial charge is 0.507 e. The van der Waals surface area contributed by atoms with E-state index in [1.807, 2.05) is 48.5 Å².